The van der Waals surface area contributed by atoms with Crippen LogP contribution in [0.15, 0.2) is 12.1 Å². The molecule has 0 aromatic carbocycles. The second-order valence-electron chi connectivity index (χ2n) is 5.27. The van der Waals surface area contributed by atoms with Gasteiger partial charge in [-0.2, -0.15) is 12.7 Å². The summed E-state index contributed by atoms with van der Waals surface area (Å²) in [6, 6.07) is 3.55. The molecule has 0 bridgehead atoms. The molecule has 0 saturated carbocycles. The first-order valence-electron chi connectivity index (χ1n) is 6.84. The number of nitrogens with two attached hydrogens (primary N) is 1. The van der Waals surface area contributed by atoms with E-state index in [0.717, 1.165) is 18.5 Å². The van der Waals surface area contributed by atoms with E-state index < -0.39 is 10.2 Å². The van der Waals surface area contributed by atoms with E-state index >= 15 is 0 Å². The van der Waals surface area contributed by atoms with E-state index in [-0.39, 0.29) is 0 Å². The molecular formula is C13H22N4O2S. The number of nitrogens with zero attached hydrogens (tertiary/aromatic N) is 2. The highest BCUT2D eigenvalue weighted by Crippen LogP contribution is 2.21. The fraction of sp³-hybridized carbons (Fsp3) is 0.615. The van der Waals surface area contributed by atoms with Gasteiger partial charge >= 0.3 is 10.2 Å². The Bertz CT molecular complexity index is 566. The average molecular weight is 298 g/mol. The summed E-state index contributed by atoms with van der Waals surface area (Å²) in [4.78, 5) is 4.27. The molecule has 0 unspecified atom stereocenters. The molecule has 1 saturated heterocycles. The van der Waals surface area contributed by atoms with Crippen molar-refractivity contribution in [3.8, 4) is 0 Å². The zero-order valence-electron chi connectivity index (χ0n) is 12.0. The smallest absolute Gasteiger partial charge is 0.301 e. The maximum atomic E-state index is 12.3. The SMILES string of the molecule is Cc1ccc(NS(=O)(=O)N2CCC(CN)CC2)c(C)n1. The van der Waals surface area contributed by atoms with E-state index in [9.17, 15) is 8.42 Å². The molecule has 1 fully saturated rings. The summed E-state index contributed by atoms with van der Waals surface area (Å²) in [7, 11) is -3.50. The summed E-state index contributed by atoms with van der Waals surface area (Å²) in [5.74, 6) is 0.434. The van der Waals surface area contributed by atoms with Crippen LogP contribution in [0.1, 0.15) is 24.2 Å². The summed E-state index contributed by atoms with van der Waals surface area (Å²) < 4.78 is 28.8. The van der Waals surface area contributed by atoms with Crippen molar-refractivity contribution in [3.05, 3.63) is 23.5 Å². The normalized spacial score (nSPS) is 18.1. The highest BCUT2D eigenvalue weighted by molar-refractivity contribution is 7.90. The van der Waals surface area contributed by atoms with E-state index in [1.807, 2.05) is 6.92 Å². The van der Waals surface area contributed by atoms with Gasteiger partial charge in [0, 0.05) is 18.8 Å². The highest BCUT2D eigenvalue weighted by Gasteiger charge is 2.27. The number of pyridine rings is 1. The standard InChI is InChI=1S/C13H22N4O2S/c1-10-3-4-13(11(2)15-10)16-20(18,19)17-7-5-12(9-14)6-8-17/h3-4,12,16H,5-9,14H2,1-2H3. The fourth-order valence-electron chi connectivity index (χ4n) is 2.38. The van der Waals surface area contributed by atoms with E-state index in [1.54, 1.807) is 19.1 Å². The molecule has 0 atom stereocenters. The number of hydrogen-bond acceptors (Lipinski definition) is 4. The Kier molecular flexibility index (Phi) is 4.62. The second-order valence-corrected chi connectivity index (χ2v) is 6.94. The van der Waals surface area contributed by atoms with E-state index in [2.05, 4.69) is 9.71 Å². The summed E-state index contributed by atoms with van der Waals surface area (Å²) >= 11 is 0. The third kappa shape index (κ3) is 3.47. The predicted molar refractivity (Wildman–Crippen MR) is 79.6 cm³/mol. The molecule has 112 valence electrons. The highest BCUT2D eigenvalue weighted by atomic mass is 32.2. The summed E-state index contributed by atoms with van der Waals surface area (Å²) in [6.07, 6.45) is 1.64. The van der Waals surface area contributed by atoms with Gasteiger partial charge in [-0.1, -0.05) is 0 Å². The second kappa shape index (κ2) is 6.07. The Morgan fingerprint density at radius 3 is 2.55 bits per heavy atom. The molecule has 0 spiro atoms. The van der Waals surface area contributed by atoms with Crippen LogP contribution in [-0.4, -0.2) is 37.3 Å². The predicted octanol–water partition coefficient (Wildman–Crippen LogP) is 1.03. The topological polar surface area (TPSA) is 88.3 Å². The fourth-order valence-corrected chi connectivity index (χ4v) is 3.70. The van der Waals surface area contributed by atoms with Crippen LogP contribution in [0.4, 0.5) is 5.69 Å². The Morgan fingerprint density at radius 2 is 2.00 bits per heavy atom. The first kappa shape index (κ1) is 15.2. The monoisotopic (exact) mass is 298 g/mol. The van der Waals surface area contributed by atoms with Gasteiger partial charge in [-0.3, -0.25) is 9.71 Å². The molecule has 0 amide bonds. The van der Waals surface area contributed by atoms with Gasteiger partial charge in [-0.15, -0.1) is 0 Å². The summed E-state index contributed by atoms with van der Waals surface area (Å²) in [5, 5.41) is 0. The molecule has 1 aliphatic heterocycles. The molecule has 2 rings (SSSR count). The van der Waals surface area contributed by atoms with Crippen LogP contribution in [0.3, 0.4) is 0 Å². The third-order valence-corrected chi connectivity index (χ3v) is 5.23. The van der Waals surface area contributed by atoms with E-state index in [1.165, 1.54) is 4.31 Å². The van der Waals surface area contributed by atoms with Crippen LogP contribution < -0.4 is 10.5 Å². The molecule has 0 aliphatic carbocycles. The minimum absolute atomic E-state index is 0.434. The lowest BCUT2D eigenvalue weighted by Crippen LogP contribution is -2.42. The van der Waals surface area contributed by atoms with Crippen molar-refractivity contribution in [2.45, 2.75) is 26.7 Å². The Labute approximate surface area is 120 Å². The van der Waals surface area contributed by atoms with Crippen molar-refractivity contribution >= 4 is 15.9 Å². The van der Waals surface area contributed by atoms with Crippen LogP contribution >= 0.6 is 0 Å². The van der Waals surface area contributed by atoms with Gasteiger partial charge in [0.05, 0.1) is 11.4 Å². The van der Waals surface area contributed by atoms with Gasteiger partial charge < -0.3 is 5.73 Å². The zero-order chi connectivity index (χ0) is 14.8. The van der Waals surface area contributed by atoms with Gasteiger partial charge in [-0.05, 0) is 51.3 Å². The molecule has 1 aromatic rings. The lowest BCUT2D eigenvalue weighted by molar-refractivity contribution is 0.280. The quantitative estimate of drug-likeness (QED) is 0.869. The van der Waals surface area contributed by atoms with Gasteiger partial charge in [0.15, 0.2) is 0 Å². The Balaban J connectivity index is 2.08. The molecular weight excluding hydrogens is 276 g/mol. The van der Waals surface area contributed by atoms with Crippen LogP contribution in [0.5, 0.6) is 0 Å². The minimum Gasteiger partial charge on any atom is -0.330 e. The maximum absolute atomic E-state index is 12.3. The van der Waals surface area contributed by atoms with Crippen LogP contribution in [0.2, 0.25) is 0 Å². The Hall–Kier alpha value is -1.18. The van der Waals surface area contributed by atoms with Crippen molar-refractivity contribution in [1.82, 2.24) is 9.29 Å². The molecule has 1 aliphatic rings. The van der Waals surface area contributed by atoms with Gasteiger partial charge in [-0.25, -0.2) is 0 Å². The number of nitrogens with one attached hydrogen (secondary N) is 1. The van der Waals surface area contributed by atoms with E-state index in [4.69, 9.17) is 5.73 Å². The van der Waals surface area contributed by atoms with E-state index in [0.29, 0.717) is 36.9 Å². The molecule has 1 aromatic heterocycles. The molecule has 6 nitrogen and oxygen atoms in total. The molecule has 0 radical (unpaired) electrons. The molecule has 20 heavy (non-hydrogen) atoms. The van der Waals surface area contributed by atoms with Gasteiger partial charge in [0.2, 0.25) is 0 Å². The lowest BCUT2D eigenvalue weighted by Gasteiger charge is -2.30. The minimum atomic E-state index is -3.50. The number of anilines is 1. The number of rotatable bonds is 4. The number of aryl methyl sites for hydroxylation is 2. The van der Waals surface area contributed by atoms with Crippen molar-refractivity contribution in [1.29, 1.82) is 0 Å². The van der Waals surface area contributed by atoms with Crippen LogP contribution in [0, 0.1) is 19.8 Å². The van der Waals surface area contributed by atoms with Crippen molar-refractivity contribution in [2.24, 2.45) is 11.7 Å². The number of piperidine rings is 1. The number of aromatic nitrogens is 1. The van der Waals surface area contributed by atoms with Crippen molar-refractivity contribution in [2.75, 3.05) is 24.4 Å². The summed E-state index contributed by atoms with van der Waals surface area (Å²) in [6.45, 7) is 5.35. The first-order valence-corrected chi connectivity index (χ1v) is 8.28. The third-order valence-electron chi connectivity index (χ3n) is 3.71. The lowest BCUT2D eigenvalue weighted by atomic mass is 9.99. The van der Waals surface area contributed by atoms with Gasteiger partial charge in [0.1, 0.15) is 0 Å². The van der Waals surface area contributed by atoms with Crippen LogP contribution in [-0.2, 0) is 10.2 Å². The number of hydrogen-bond donors (Lipinski definition) is 2. The van der Waals surface area contributed by atoms with Crippen LogP contribution in [0.25, 0.3) is 0 Å². The molecule has 7 heteroatoms. The van der Waals surface area contributed by atoms with Crippen molar-refractivity contribution in [3.63, 3.8) is 0 Å². The maximum Gasteiger partial charge on any atom is 0.301 e. The summed E-state index contributed by atoms with van der Waals surface area (Å²) in [5.41, 5.74) is 7.72. The van der Waals surface area contributed by atoms with Gasteiger partial charge in [0.25, 0.3) is 0 Å². The Morgan fingerprint density at radius 1 is 1.35 bits per heavy atom. The zero-order valence-corrected chi connectivity index (χ0v) is 12.8. The molecule has 3 N–H and O–H groups in total. The van der Waals surface area contributed by atoms with Crippen molar-refractivity contribution < 1.29 is 8.42 Å². The largest absolute Gasteiger partial charge is 0.330 e. The molecule has 2 heterocycles. The average Bonchev–Trinajstić information content (AvgIpc) is 2.42. The first-order chi connectivity index (χ1) is 9.42.